The van der Waals surface area contributed by atoms with E-state index in [9.17, 15) is 14.4 Å². The highest BCUT2D eigenvalue weighted by molar-refractivity contribution is 8.00. The molecular formula is C13H13ClN2O3S. The van der Waals surface area contributed by atoms with Crippen molar-refractivity contribution in [3.05, 3.63) is 28.8 Å². The van der Waals surface area contributed by atoms with Gasteiger partial charge in [0.25, 0.3) is 0 Å². The van der Waals surface area contributed by atoms with Crippen molar-refractivity contribution < 1.29 is 14.4 Å². The van der Waals surface area contributed by atoms with Gasteiger partial charge in [0.05, 0.1) is 11.5 Å². The monoisotopic (exact) mass is 312 g/mol. The van der Waals surface area contributed by atoms with Crippen molar-refractivity contribution in [2.24, 2.45) is 0 Å². The molecule has 2 rings (SSSR count). The Kier molecular flexibility index (Phi) is 4.67. The first-order chi connectivity index (χ1) is 9.47. The average Bonchev–Trinajstić information content (AvgIpc) is 2.38. The van der Waals surface area contributed by atoms with E-state index in [1.165, 1.54) is 11.8 Å². The number of nitrogens with zero attached hydrogens (tertiary/aromatic N) is 1. The maximum absolute atomic E-state index is 11.9. The number of carbonyl (C=O) groups is 3. The van der Waals surface area contributed by atoms with Gasteiger partial charge in [0.2, 0.25) is 17.7 Å². The van der Waals surface area contributed by atoms with Crippen LogP contribution in [0.5, 0.6) is 0 Å². The normalized spacial score (nSPS) is 15.4. The third kappa shape index (κ3) is 3.52. The van der Waals surface area contributed by atoms with Crippen molar-refractivity contribution >= 4 is 46.8 Å². The lowest BCUT2D eigenvalue weighted by Crippen LogP contribution is -2.46. The molecule has 20 heavy (non-hydrogen) atoms. The largest absolute Gasteiger partial charge is 0.324 e. The minimum Gasteiger partial charge on any atom is -0.324 e. The molecular weight excluding hydrogens is 300 g/mol. The molecule has 0 unspecified atom stereocenters. The molecule has 0 bridgehead atoms. The molecule has 106 valence electrons. The number of hydrogen-bond donors (Lipinski definition) is 1. The number of benzene rings is 1. The van der Waals surface area contributed by atoms with Crippen LogP contribution in [0, 0.1) is 6.92 Å². The molecule has 0 radical (unpaired) electrons. The fraction of sp³-hybridized carbons (Fsp3) is 0.308. The van der Waals surface area contributed by atoms with E-state index in [0.29, 0.717) is 10.7 Å². The topological polar surface area (TPSA) is 66.5 Å². The van der Waals surface area contributed by atoms with Crippen molar-refractivity contribution in [1.82, 2.24) is 4.90 Å². The smallest absolute Gasteiger partial charge is 0.244 e. The van der Waals surface area contributed by atoms with E-state index < -0.39 is 5.91 Å². The van der Waals surface area contributed by atoms with Gasteiger partial charge >= 0.3 is 0 Å². The summed E-state index contributed by atoms with van der Waals surface area (Å²) >= 11 is 7.22. The number of anilines is 1. The number of amides is 3. The minimum atomic E-state index is -0.418. The van der Waals surface area contributed by atoms with E-state index >= 15 is 0 Å². The fourth-order valence-corrected chi connectivity index (χ4v) is 2.66. The van der Waals surface area contributed by atoms with Crippen molar-refractivity contribution in [3.63, 3.8) is 0 Å². The summed E-state index contributed by atoms with van der Waals surface area (Å²) in [6.45, 7) is 1.60. The Labute approximate surface area is 125 Å². The van der Waals surface area contributed by atoms with Crippen molar-refractivity contribution in [1.29, 1.82) is 0 Å². The summed E-state index contributed by atoms with van der Waals surface area (Å²) < 4.78 is 0. The molecule has 1 aliphatic rings. The zero-order valence-corrected chi connectivity index (χ0v) is 12.4. The van der Waals surface area contributed by atoms with E-state index in [2.05, 4.69) is 5.32 Å². The van der Waals surface area contributed by atoms with Gasteiger partial charge in [-0.25, -0.2) is 0 Å². The van der Waals surface area contributed by atoms with Crippen molar-refractivity contribution in [2.45, 2.75) is 6.92 Å². The molecule has 3 amide bonds. The Morgan fingerprint density at radius 2 is 2.00 bits per heavy atom. The molecule has 0 saturated carbocycles. The van der Waals surface area contributed by atoms with E-state index in [0.717, 1.165) is 10.5 Å². The van der Waals surface area contributed by atoms with Gasteiger partial charge in [-0.15, -0.1) is 11.8 Å². The molecule has 7 heteroatoms. The minimum absolute atomic E-state index is 0.232. The van der Waals surface area contributed by atoms with E-state index in [-0.39, 0.29) is 29.9 Å². The number of imide groups is 1. The van der Waals surface area contributed by atoms with Crippen LogP contribution in [0.15, 0.2) is 18.2 Å². The van der Waals surface area contributed by atoms with Crippen LogP contribution in [-0.2, 0) is 14.4 Å². The zero-order valence-electron chi connectivity index (χ0n) is 10.8. The molecule has 1 aromatic rings. The standard InChI is InChI=1S/C13H13ClN2O3S/c1-8-2-3-9(4-10(8)14)15-11(17)5-16-12(18)6-20-7-13(16)19/h2-4H,5-7H2,1H3,(H,15,17). The van der Waals surface area contributed by atoms with Crippen LogP contribution >= 0.6 is 23.4 Å². The molecule has 1 fully saturated rings. The molecule has 0 aromatic heterocycles. The second-order valence-electron chi connectivity index (χ2n) is 4.38. The summed E-state index contributed by atoms with van der Waals surface area (Å²) in [5, 5.41) is 3.17. The van der Waals surface area contributed by atoms with Gasteiger partial charge in [-0.3, -0.25) is 19.3 Å². The molecule has 1 saturated heterocycles. The second kappa shape index (κ2) is 6.28. The summed E-state index contributed by atoms with van der Waals surface area (Å²) in [5.41, 5.74) is 1.44. The number of halogens is 1. The molecule has 0 spiro atoms. The van der Waals surface area contributed by atoms with Gasteiger partial charge in [-0.05, 0) is 24.6 Å². The number of nitrogens with one attached hydrogen (secondary N) is 1. The number of thioether (sulfide) groups is 1. The molecule has 1 N–H and O–H groups in total. The highest BCUT2D eigenvalue weighted by Gasteiger charge is 2.28. The quantitative estimate of drug-likeness (QED) is 0.863. The molecule has 1 aliphatic heterocycles. The van der Waals surface area contributed by atoms with Gasteiger partial charge in [0.1, 0.15) is 6.54 Å². The lowest BCUT2D eigenvalue weighted by Gasteiger charge is -2.23. The Hall–Kier alpha value is -1.53. The van der Waals surface area contributed by atoms with Gasteiger partial charge < -0.3 is 5.32 Å². The number of rotatable bonds is 3. The van der Waals surface area contributed by atoms with Crippen molar-refractivity contribution in [2.75, 3.05) is 23.4 Å². The zero-order chi connectivity index (χ0) is 14.7. The second-order valence-corrected chi connectivity index (χ2v) is 5.77. The molecule has 0 aliphatic carbocycles. The summed E-state index contributed by atoms with van der Waals surface area (Å²) in [7, 11) is 0. The van der Waals surface area contributed by atoms with E-state index in [1.807, 2.05) is 6.92 Å². The highest BCUT2D eigenvalue weighted by Crippen LogP contribution is 2.20. The molecule has 1 heterocycles. The first-order valence-corrected chi connectivity index (χ1v) is 7.47. The van der Waals surface area contributed by atoms with Gasteiger partial charge in [-0.2, -0.15) is 0 Å². The first-order valence-electron chi connectivity index (χ1n) is 5.94. The SMILES string of the molecule is Cc1ccc(NC(=O)CN2C(=O)CSCC2=O)cc1Cl. The summed E-state index contributed by atoms with van der Waals surface area (Å²) in [6.07, 6.45) is 0. The third-order valence-corrected chi connectivity index (χ3v) is 4.12. The summed E-state index contributed by atoms with van der Waals surface area (Å²) in [5.74, 6) is -0.615. The molecule has 5 nitrogen and oxygen atoms in total. The van der Waals surface area contributed by atoms with Crippen LogP contribution in [0.25, 0.3) is 0 Å². The molecule has 0 atom stereocenters. The average molecular weight is 313 g/mol. The Morgan fingerprint density at radius 3 is 2.60 bits per heavy atom. The number of aryl methyl sites for hydroxylation is 1. The summed E-state index contributed by atoms with van der Waals surface area (Å²) in [6, 6.07) is 5.13. The first kappa shape index (κ1) is 14.9. The van der Waals surface area contributed by atoms with Crippen LogP contribution in [0.3, 0.4) is 0 Å². The predicted octanol–water partition coefficient (Wildman–Crippen LogP) is 1.69. The van der Waals surface area contributed by atoms with Gasteiger partial charge in [0.15, 0.2) is 0 Å². The number of hydrogen-bond acceptors (Lipinski definition) is 4. The lowest BCUT2D eigenvalue weighted by molar-refractivity contribution is -0.144. The van der Waals surface area contributed by atoms with E-state index in [1.54, 1.807) is 18.2 Å². The summed E-state index contributed by atoms with van der Waals surface area (Å²) in [4.78, 5) is 36.0. The van der Waals surface area contributed by atoms with Crippen molar-refractivity contribution in [3.8, 4) is 0 Å². The van der Waals surface area contributed by atoms with Crippen LogP contribution in [-0.4, -0.2) is 40.7 Å². The maximum atomic E-state index is 11.9. The maximum Gasteiger partial charge on any atom is 0.244 e. The van der Waals surface area contributed by atoms with Gasteiger partial charge in [0, 0.05) is 10.7 Å². The highest BCUT2D eigenvalue weighted by atomic mass is 35.5. The number of carbonyl (C=O) groups excluding carboxylic acids is 3. The van der Waals surface area contributed by atoms with Crippen LogP contribution in [0.2, 0.25) is 5.02 Å². The predicted molar refractivity (Wildman–Crippen MR) is 78.9 cm³/mol. The Morgan fingerprint density at radius 1 is 1.35 bits per heavy atom. The fourth-order valence-electron chi connectivity index (χ4n) is 1.71. The van der Waals surface area contributed by atoms with Crippen LogP contribution in [0.4, 0.5) is 5.69 Å². The van der Waals surface area contributed by atoms with Crippen LogP contribution in [0.1, 0.15) is 5.56 Å². The lowest BCUT2D eigenvalue weighted by atomic mass is 10.2. The van der Waals surface area contributed by atoms with Gasteiger partial charge in [-0.1, -0.05) is 17.7 Å². The van der Waals surface area contributed by atoms with E-state index in [4.69, 9.17) is 11.6 Å². The third-order valence-electron chi connectivity index (χ3n) is 2.81. The Balaban J connectivity index is 1.99. The van der Waals surface area contributed by atoms with Crippen LogP contribution < -0.4 is 5.32 Å². The Bertz CT molecular complexity index is 561. The molecule has 1 aromatic carbocycles.